The van der Waals surface area contributed by atoms with Crippen molar-refractivity contribution in [2.45, 2.75) is 101 Å². The average molecular weight is 492 g/mol. The summed E-state index contributed by atoms with van der Waals surface area (Å²) in [6.45, 7) is 0.0166. The summed E-state index contributed by atoms with van der Waals surface area (Å²) in [5.74, 6) is -4.02. The fourth-order valence-corrected chi connectivity index (χ4v) is 6.27. The Kier molecular flexibility index (Phi) is 6.63. The minimum absolute atomic E-state index is 0.0166. The van der Waals surface area contributed by atoms with Crippen molar-refractivity contribution in [2.75, 3.05) is 0 Å². The van der Waals surface area contributed by atoms with Gasteiger partial charge in [0.1, 0.15) is 11.9 Å². The maximum Gasteiger partial charge on any atom is 0.255 e. The first-order valence-corrected chi connectivity index (χ1v) is 12.8. The van der Waals surface area contributed by atoms with E-state index in [1.807, 2.05) is 0 Å². The van der Waals surface area contributed by atoms with E-state index in [1.165, 1.54) is 4.90 Å². The van der Waals surface area contributed by atoms with Gasteiger partial charge in [-0.3, -0.25) is 19.7 Å². The van der Waals surface area contributed by atoms with Crippen molar-refractivity contribution in [2.24, 2.45) is 5.92 Å². The maximum absolute atomic E-state index is 15.6. The Labute approximate surface area is 203 Å². The number of benzene rings is 1. The molecule has 1 aromatic carbocycles. The number of alkyl halides is 2. The van der Waals surface area contributed by atoms with Crippen LogP contribution in [0.4, 0.5) is 13.2 Å². The first-order valence-electron chi connectivity index (χ1n) is 12.8. The summed E-state index contributed by atoms with van der Waals surface area (Å²) in [4.78, 5) is 38.0. The molecule has 3 fully saturated rings. The third-order valence-corrected chi connectivity index (χ3v) is 8.29. The van der Waals surface area contributed by atoms with Crippen LogP contribution in [0.25, 0.3) is 0 Å². The molecule has 0 radical (unpaired) electrons. The highest BCUT2D eigenvalue weighted by Gasteiger charge is 2.41. The lowest BCUT2D eigenvalue weighted by atomic mass is 9.79. The summed E-state index contributed by atoms with van der Waals surface area (Å²) < 4.78 is 42.7. The molecule has 5 rings (SSSR count). The Morgan fingerprint density at radius 1 is 1.03 bits per heavy atom. The highest BCUT2D eigenvalue weighted by molar-refractivity contribution is 6.05. The number of nitrogens with one attached hydrogen (secondary N) is 2. The van der Waals surface area contributed by atoms with Crippen molar-refractivity contribution < 1.29 is 27.6 Å². The largest absolute Gasteiger partial charge is 0.322 e. The molecule has 2 saturated carbocycles. The summed E-state index contributed by atoms with van der Waals surface area (Å²) >= 11 is 0. The van der Waals surface area contributed by atoms with E-state index in [4.69, 9.17) is 0 Å². The fourth-order valence-electron chi connectivity index (χ4n) is 6.27. The number of hydrogen-bond donors (Lipinski definition) is 2. The topological polar surface area (TPSA) is 78.5 Å². The van der Waals surface area contributed by atoms with Gasteiger partial charge in [-0.15, -0.1) is 0 Å². The second-order valence-corrected chi connectivity index (χ2v) is 10.6. The normalized spacial score (nSPS) is 29.3. The van der Waals surface area contributed by atoms with Crippen LogP contribution in [0.5, 0.6) is 0 Å². The Balaban J connectivity index is 1.28. The van der Waals surface area contributed by atoms with E-state index in [-0.39, 0.29) is 67.6 Å². The van der Waals surface area contributed by atoms with Gasteiger partial charge < -0.3 is 10.2 Å². The molecule has 6 nitrogen and oxygen atoms in total. The number of fused-ring (bicyclic) bond motifs is 1. The zero-order valence-electron chi connectivity index (χ0n) is 19.8. The van der Waals surface area contributed by atoms with Gasteiger partial charge in [0.25, 0.3) is 5.91 Å². The molecule has 2 heterocycles. The molecule has 3 atom stereocenters. The Bertz CT molecular complexity index is 1020. The lowest BCUT2D eigenvalue weighted by Crippen LogP contribution is -2.52. The lowest BCUT2D eigenvalue weighted by Gasteiger charge is -2.38. The molecule has 2 aliphatic carbocycles. The van der Waals surface area contributed by atoms with Crippen molar-refractivity contribution in [1.29, 1.82) is 0 Å². The third-order valence-electron chi connectivity index (χ3n) is 8.29. The van der Waals surface area contributed by atoms with E-state index in [2.05, 4.69) is 10.6 Å². The van der Waals surface area contributed by atoms with E-state index in [0.717, 1.165) is 25.7 Å². The van der Waals surface area contributed by atoms with Crippen LogP contribution in [-0.2, 0) is 22.6 Å². The van der Waals surface area contributed by atoms with Gasteiger partial charge in [0.2, 0.25) is 17.7 Å². The number of carbonyl (C=O) groups is 3. The van der Waals surface area contributed by atoms with Crippen molar-refractivity contribution in [1.82, 2.24) is 15.5 Å². The maximum atomic E-state index is 15.6. The SMILES string of the molecule is O=C1CCC(N2Cc3c(ccc(C[C@H]4CCCC[C@@H]4NC4CCC(F)(F)CC4)c3F)C2=O)C(=O)N1. The van der Waals surface area contributed by atoms with Gasteiger partial charge in [-0.25, -0.2) is 13.2 Å². The van der Waals surface area contributed by atoms with Crippen LogP contribution >= 0.6 is 0 Å². The first kappa shape index (κ1) is 24.3. The molecule has 0 bridgehead atoms. The molecule has 1 aromatic rings. The van der Waals surface area contributed by atoms with Gasteiger partial charge in [0.05, 0.1) is 6.54 Å². The number of amides is 3. The highest BCUT2D eigenvalue weighted by Crippen LogP contribution is 2.36. The molecule has 9 heteroatoms. The monoisotopic (exact) mass is 491 g/mol. The molecule has 1 saturated heterocycles. The average Bonchev–Trinajstić information content (AvgIpc) is 3.15. The van der Waals surface area contributed by atoms with E-state index < -0.39 is 23.7 Å². The van der Waals surface area contributed by atoms with Gasteiger partial charge in [-0.1, -0.05) is 18.9 Å². The van der Waals surface area contributed by atoms with Crippen LogP contribution in [0.1, 0.15) is 85.7 Å². The number of piperidine rings is 1. The summed E-state index contributed by atoms with van der Waals surface area (Å²) in [5, 5.41) is 5.88. The van der Waals surface area contributed by atoms with Gasteiger partial charge in [-0.05, 0) is 56.1 Å². The molecule has 0 spiro atoms. The zero-order valence-corrected chi connectivity index (χ0v) is 19.8. The molecule has 2 aliphatic heterocycles. The lowest BCUT2D eigenvalue weighted by molar-refractivity contribution is -0.136. The Morgan fingerprint density at radius 3 is 2.51 bits per heavy atom. The van der Waals surface area contributed by atoms with Crippen LogP contribution in [0.15, 0.2) is 12.1 Å². The molecule has 35 heavy (non-hydrogen) atoms. The van der Waals surface area contributed by atoms with Crippen molar-refractivity contribution in [3.05, 3.63) is 34.6 Å². The minimum atomic E-state index is -2.56. The van der Waals surface area contributed by atoms with E-state index in [0.29, 0.717) is 30.4 Å². The standard InChI is InChI=1S/C26H32F3N3O3/c27-23-16(13-15-3-1-2-4-20(15)30-17-9-11-26(28,29)12-10-17)5-6-18-19(23)14-32(25(18)35)21-7-8-22(33)31-24(21)34/h5-6,15,17,20-21,30H,1-4,7-14H2,(H,31,33,34)/t15-,20+,21?/m1/s1. The van der Waals surface area contributed by atoms with Crippen LogP contribution < -0.4 is 10.6 Å². The molecule has 1 unspecified atom stereocenters. The first-order chi connectivity index (χ1) is 16.7. The van der Waals surface area contributed by atoms with Gasteiger partial charge >= 0.3 is 0 Å². The summed E-state index contributed by atoms with van der Waals surface area (Å²) in [6, 6.07) is 2.79. The van der Waals surface area contributed by atoms with Crippen LogP contribution in [0.3, 0.4) is 0 Å². The zero-order chi connectivity index (χ0) is 24.7. The Hall–Kier alpha value is -2.42. The number of rotatable bonds is 5. The van der Waals surface area contributed by atoms with Crippen molar-refractivity contribution in [3.63, 3.8) is 0 Å². The minimum Gasteiger partial charge on any atom is -0.322 e. The molecule has 3 amide bonds. The number of carbonyl (C=O) groups excluding carboxylic acids is 3. The molecular weight excluding hydrogens is 459 g/mol. The van der Waals surface area contributed by atoms with Gasteiger partial charge in [0.15, 0.2) is 0 Å². The third kappa shape index (κ3) is 4.97. The highest BCUT2D eigenvalue weighted by atomic mass is 19.3. The van der Waals surface area contributed by atoms with Crippen LogP contribution in [-0.4, -0.2) is 46.7 Å². The smallest absolute Gasteiger partial charge is 0.255 e. The van der Waals surface area contributed by atoms with E-state index in [9.17, 15) is 23.2 Å². The van der Waals surface area contributed by atoms with Crippen LogP contribution in [0.2, 0.25) is 0 Å². The molecule has 0 aromatic heterocycles. The van der Waals surface area contributed by atoms with Crippen molar-refractivity contribution >= 4 is 17.7 Å². The summed E-state index contributed by atoms with van der Waals surface area (Å²) in [7, 11) is 0. The number of nitrogens with zero attached hydrogens (tertiary/aromatic N) is 1. The summed E-state index contributed by atoms with van der Waals surface area (Å²) in [6.07, 6.45) is 5.68. The fraction of sp³-hybridized carbons (Fsp3) is 0.654. The molecule has 190 valence electrons. The van der Waals surface area contributed by atoms with Crippen molar-refractivity contribution in [3.8, 4) is 0 Å². The van der Waals surface area contributed by atoms with Crippen LogP contribution in [0, 0.1) is 11.7 Å². The molecule has 2 N–H and O–H groups in total. The molecule has 4 aliphatic rings. The van der Waals surface area contributed by atoms with Gasteiger partial charge in [-0.2, -0.15) is 0 Å². The number of hydrogen-bond acceptors (Lipinski definition) is 4. The van der Waals surface area contributed by atoms with Gasteiger partial charge in [0, 0.05) is 42.5 Å². The number of imide groups is 1. The molecular formula is C26H32F3N3O3. The van der Waals surface area contributed by atoms with E-state index >= 15 is 4.39 Å². The van der Waals surface area contributed by atoms with E-state index in [1.54, 1.807) is 12.1 Å². The second kappa shape index (κ2) is 9.56. The second-order valence-electron chi connectivity index (χ2n) is 10.6. The quantitative estimate of drug-likeness (QED) is 0.614. The predicted molar refractivity (Wildman–Crippen MR) is 122 cm³/mol. The predicted octanol–water partition coefficient (Wildman–Crippen LogP) is 3.86. The number of halogens is 3. The Morgan fingerprint density at radius 2 is 1.77 bits per heavy atom. The summed E-state index contributed by atoms with van der Waals surface area (Å²) in [5.41, 5.74) is 1.14.